The van der Waals surface area contributed by atoms with E-state index < -0.39 is 0 Å². The van der Waals surface area contributed by atoms with Crippen LogP contribution in [0, 0.1) is 13.8 Å². The molecule has 166 valence electrons. The fourth-order valence-electron chi connectivity index (χ4n) is 3.31. The smallest absolute Gasteiger partial charge is 0.117 e. The topological polar surface area (TPSA) is 69.0 Å². The van der Waals surface area contributed by atoms with Gasteiger partial charge in [-0.3, -0.25) is 4.98 Å². The molecule has 0 fully saturated rings. The van der Waals surface area contributed by atoms with Crippen LogP contribution in [0.2, 0.25) is 0 Å². The summed E-state index contributed by atoms with van der Waals surface area (Å²) in [5.41, 5.74) is 8.61. The summed E-state index contributed by atoms with van der Waals surface area (Å²) in [6, 6.07) is 18.3. The molecule has 1 aromatic carbocycles. The van der Waals surface area contributed by atoms with Crippen LogP contribution in [0.5, 0.6) is 0 Å². The SMILES string of the molecule is CO/N=C(\C)c1cccc(CCCO/N=C(\C)c2cccc(-c3cc(C)ccc3C)n2)n1. The lowest BCUT2D eigenvalue weighted by Gasteiger charge is -2.08. The molecule has 0 aliphatic carbocycles. The lowest BCUT2D eigenvalue weighted by molar-refractivity contribution is 0.141. The van der Waals surface area contributed by atoms with Gasteiger partial charge in [-0.25, -0.2) is 4.98 Å². The first-order chi connectivity index (χ1) is 15.5. The summed E-state index contributed by atoms with van der Waals surface area (Å²) in [6.45, 7) is 8.49. The summed E-state index contributed by atoms with van der Waals surface area (Å²) in [5.74, 6) is 0. The van der Waals surface area contributed by atoms with Crippen molar-refractivity contribution in [1.82, 2.24) is 9.97 Å². The van der Waals surface area contributed by atoms with Gasteiger partial charge < -0.3 is 9.68 Å². The lowest BCUT2D eigenvalue weighted by atomic mass is 10.0. The van der Waals surface area contributed by atoms with E-state index in [-0.39, 0.29) is 0 Å². The second-order valence-corrected chi connectivity index (χ2v) is 7.71. The summed E-state index contributed by atoms with van der Waals surface area (Å²) in [6.07, 6.45) is 1.60. The maximum atomic E-state index is 5.55. The highest BCUT2D eigenvalue weighted by atomic mass is 16.6. The van der Waals surface area contributed by atoms with Gasteiger partial charge in [0.25, 0.3) is 0 Å². The van der Waals surface area contributed by atoms with E-state index in [4.69, 9.17) is 14.7 Å². The number of benzene rings is 1. The molecule has 0 spiro atoms. The van der Waals surface area contributed by atoms with E-state index in [1.165, 1.54) is 18.2 Å². The van der Waals surface area contributed by atoms with Crippen molar-refractivity contribution >= 4 is 11.4 Å². The van der Waals surface area contributed by atoms with Gasteiger partial charge in [-0.1, -0.05) is 40.1 Å². The Morgan fingerprint density at radius 3 is 2.38 bits per heavy atom. The zero-order chi connectivity index (χ0) is 22.9. The minimum atomic E-state index is 0.505. The number of hydrogen-bond acceptors (Lipinski definition) is 6. The molecular formula is C26H30N4O2. The van der Waals surface area contributed by atoms with Crippen LogP contribution >= 0.6 is 0 Å². The van der Waals surface area contributed by atoms with Crippen molar-refractivity contribution in [3.05, 3.63) is 82.8 Å². The van der Waals surface area contributed by atoms with Crippen molar-refractivity contribution in [2.24, 2.45) is 10.3 Å². The number of nitrogens with zero attached hydrogens (tertiary/aromatic N) is 4. The molecule has 0 amide bonds. The Balaban J connectivity index is 1.57. The van der Waals surface area contributed by atoms with Crippen molar-refractivity contribution < 1.29 is 9.68 Å². The van der Waals surface area contributed by atoms with Crippen LogP contribution in [0.1, 0.15) is 48.5 Å². The highest BCUT2D eigenvalue weighted by Gasteiger charge is 2.07. The highest BCUT2D eigenvalue weighted by molar-refractivity contribution is 5.97. The normalized spacial score (nSPS) is 12.0. The van der Waals surface area contributed by atoms with Crippen molar-refractivity contribution in [3.63, 3.8) is 0 Å². The molecule has 6 nitrogen and oxygen atoms in total. The van der Waals surface area contributed by atoms with Gasteiger partial charge in [0.15, 0.2) is 0 Å². The van der Waals surface area contributed by atoms with Crippen molar-refractivity contribution in [3.8, 4) is 11.3 Å². The van der Waals surface area contributed by atoms with Crippen LogP contribution in [0.25, 0.3) is 11.3 Å². The largest absolute Gasteiger partial charge is 0.399 e. The van der Waals surface area contributed by atoms with E-state index in [1.807, 2.05) is 50.2 Å². The zero-order valence-electron chi connectivity index (χ0n) is 19.4. The maximum Gasteiger partial charge on any atom is 0.117 e. The summed E-state index contributed by atoms with van der Waals surface area (Å²) >= 11 is 0. The van der Waals surface area contributed by atoms with E-state index in [9.17, 15) is 0 Å². The van der Waals surface area contributed by atoms with Crippen LogP contribution in [0.4, 0.5) is 0 Å². The molecule has 0 aliphatic heterocycles. The Bertz CT molecular complexity index is 1120. The third-order valence-electron chi connectivity index (χ3n) is 5.06. The van der Waals surface area contributed by atoms with Gasteiger partial charge in [0.1, 0.15) is 25.1 Å². The zero-order valence-corrected chi connectivity index (χ0v) is 19.4. The van der Waals surface area contributed by atoms with Gasteiger partial charge in [-0.05, 0) is 76.4 Å². The fraction of sp³-hybridized carbons (Fsp3) is 0.308. The molecule has 3 rings (SSSR count). The third-order valence-corrected chi connectivity index (χ3v) is 5.06. The van der Waals surface area contributed by atoms with E-state index in [0.29, 0.717) is 6.61 Å². The molecule has 0 atom stereocenters. The molecule has 0 bridgehead atoms. The first kappa shape index (κ1) is 23.1. The number of rotatable bonds is 9. The predicted octanol–water partition coefficient (Wildman–Crippen LogP) is 5.50. The van der Waals surface area contributed by atoms with Crippen LogP contribution in [-0.4, -0.2) is 35.1 Å². The highest BCUT2D eigenvalue weighted by Crippen LogP contribution is 2.23. The van der Waals surface area contributed by atoms with Crippen LogP contribution in [0.15, 0.2) is 64.9 Å². The fourth-order valence-corrected chi connectivity index (χ4v) is 3.31. The molecule has 0 saturated heterocycles. The molecule has 0 unspecified atom stereocenters. The molecule has 0 radical (unpaired) electrons. The standard InChI is InChI=1S/C26H30N4O2/c1-18-14-15-19(2)23(17-18)26-13-7-12-25(28-26)21(4)30-32-16-8-10-22-9-6-11-24(27-22)20(3)29-31-5/h6-7,9,11-15,17H,8,10,16H2,1-5H3/b29-20+,30-21+. The third kappa shape index (κ3) is 6.23. The van der Waals surface area contributed by atoms with Crippen LogP contribution < -0.4 is 0 Å². The molecule has 2 aromatic heterocycles. The van der Waals surface area contributed by atoms with Crippen molar-refractivity contribution in [2.75, 3.05) is 13.7 Å². The minimum Gasteiger partial charge on any atom is -0.399 e. The maximum absolute atomic E-state index is 5.55. The lowest BCUT2D eigenvalue weighted by Crippen LogP contribution is -2.04. The molecule has 3 aromatic rings. The first-order valence-electron chi connectivity index (χ1n) is 10.7. The molecule has 0 N–H and O–H groups in total. The Morgan fingerprint density at radius 2 is 1.59 bits per heavy atom. The number of aromatic nitrogens is 2. The number of aryl methyl sites for hydroxylation is 3. The second kappa shape index (κ2) is 11.2. The number of pyridine rings is 2. The first-order valence-corrected chi connectivity index (χ1v) is 10.7. The average molecular weight is 431 g/mol. The van der Waals surface area contributed by atoms with Crippen LogP contribution in [-0.2, 0) is 16.1 Å². The monoisotopic (exact) mass is 430 g/mol. The summed E-state index contributed by atoms with van der Waals surface area (Å²) in [5, 5.41) is 8.20. The van der Waals surface area contributed by atoms with Crippen LogP contribution in [0.3, 0.4) is 0 Å². The van der Waals surface area contributed by atoms with E-state index in [2.05, 4.69) is 47.3 Å². The van der Waals surface area contributed by atoms with Crippen molar-refractivity contribution in [2.45, 2.75) is 40.5 Å². The van der Waals surface area contributed by atoms with E-state index in [0.717, 1.165) is 52.6 Å². The summed E-state index contributed by atoms with van der Waals surface area (Å²) in [4.78, 5) is 19.8. The number of hydrogen-bond donors (Lipinski definition) is 0. The minimum absolute atomic E-state index is 0.505. The Hall–Kier alpha value is -3.54. The predicted molar refractivity (Wildman–Crippen MR) is 129 cm³/mol. The molecule has 0 aliphatic rings. The Labute approximate surface area is 190 Å². The Kier molecular flexibility index (Phi) is 8.08. The second-order valence-electron chi connectivity index (χ2n) is 7.71. The molecular weight excluding hydrogens is 400 g/mol. The number of oxime groups is 2. The van der Waals surface area contributed by atoms with Crippen molar-refractivity contribution in [1.29, 1.82) is 0 Å². The molecule has 0 saturated carbocycles. The van der Waals surface area contributed by atoms with Gasteiger partial charge in [-0.15, -0.1) is 0 Å². The molecule has 6 heteroatoms. The van der Waals surface area contributed by atoms with Gasteiger partial charge in [0.2, 0.25) is 0 Å². The van der Waals surface area contributed by atoms with E-state index in [1.54, 1.807) is 0 Å². The summed E-state index contributed by atoms with van der Waals surface area (Å²) in [7, 11) is 1.53. The summed E-state index contributed by atoms with van der Waals surface area (Å²) < 4.78 is 0. The average Bonchev–Trinajstić information content (AvgIpc) is 2.80. The van der Waals surface area contributed by atoms with Gasteiger partial charge >= 0.3 is 0 Å². The van der Waals surface area contributed by atoms with Gasteiger partial charge in [0.05, 0.1) is 17.1 Å². The van der Waals surface area contributed by atoms with Gasteiger partial charge in [0, 0.05) is 11.3 Å². The molecule has 2 heterocycles. The van der Waals surface area contributed by atoms with Gasteiger partial charge in [-0.2, -0.15) is 0 Å². The Morgan fingerprint density at radius 1 is 0.875 bits per heavy atom. The quantitative estimate of drug-likeness (QED) is 0.255. The van der Waals surface area contributed by atoms with E-state index >= 15 is 0 Å². The molecule has 32 heavy (non-hydrogen) atoms.